The summed E-state index contributed by atoms with van der Waals surface area (Å²) in [7, 11) is 0. The van der Waals surface area contributed by atoms with E-state index < -0.39 is 61.0 Å². The number of carbonyl (C=O) groups is 6. The number of esters is 6. The summed E-state index contributed by atoms with van der Waals surface area (Å²) in [6, 6.07) is 0. The van der Waals surface area contributed by atoms with Crippen molar-refractivity contribution in [2.24, 2.45) is 0 Å². The molecule has 0 fully saturated rings. The molecule has 35 heavy (non-hydrogen) atoms. The number of carbonyl (C=O) groups excluding carboxylic acids is 6. The molecular formula is C22H22O13. The molecule has 13 heteroatoms. The van der Waals surface area contributed by atoms with Crippen molar-refractivity contribution in [2.75, 3.05) is 13.2 Å². The zero-order valence-electron chi connectivity index (χ0n) is 18.4. The van der Waals surface area contributed by atoms with Gasteiger partial charge in [0.05, 0.1) is 0 Å². The molecule has 0 atom stereocenters. The van der Waals surface area contributed by atoms with Gasteiger partial charge in [-0.2, -0.15) is 0 Å². The van der Waals surface area contributed by atoms with Gasteiger partial charge in [0, 0.05) is 36.5 Å². The quantitative estimate of drug-likeness (QED) is 0.167. The largest absolute Gasteiger partial charge is 0.449 e. The van der Waals surface area contributed by atoms with Gasteiger partial charge in [0.25, 0.3) is 0 Å². The van der Waals surface area contributed by atoms with E-state index in [4.69, 9.17) is 33.2 Å². The second kappa shape index (κ2) is 14.4. The smallest absolute Gasteiger partial charge is 0.383 e. The summed E-state index contributed by atoms with van der Waals surface area (Å²) in [4.78, 5) is 70.9. The van der Waals surface area contributed by atoms with Crippen LogP contribution in [-0.2, 0) is 61.9 Å². The van der Waals surface area contributed by atoms with E-state index in [0.717, 1.165) is 0 Å². The topological polar surface area (TPSA) is 167 Å². The Bertz CT molecular complexity index is 744. The maximum Gasteiger partial charge on any atom is 0.449 e. The molecule has 0 saturated carbocycles. The summed E-state index contributed by atoms with van der Waals surface area (Å²) in [5.41, 5.74) is 0. The van der Waals surface area contributed by atoms with Crippen LogP contribution in [0.25, 0.3) is 0 Å². The first-order chi connectivity index (χ1) is 16.4. The summed E-state index contributed by atoms with van der Waals surface area (Å²) in [5.74, 6) is -13.3. The molecule has 0 saturated heterocycles. The predicted molar refractivity (Wildman–Crippen MR) is 114 cm³/mol. The van der Waals surface area contributed by atoms with Gasteiger partial charge >= 0.3 is 47.8 Å². The fourth-order valence-electron chi connectivity index (χ4n) is 1.77. The molecule has 0 heterocycles. The summed E-state index contributed by atoms with van der Waals surface area (Å²) in [5, 5.41) is 0. The van der Waals surface area contributed by atoms with Gasteiger partial charge in [0.2, 0.25) is 0 Å². The molecule has 0 N–H and O–H groups in total. The van der Waals surface area contributed by atoms with Crippen molar-refractivity contribution in [3.8, 4) is 0 Å². The van der Waals surface area contributed by atoms with E-state index in [2.05, 4.69) is 39.5 Å². The molecule has 0 aromatic heterocycles. The molecule has 0 amide bonds. The number of ether oxygens (including phenoxy) is 7. The molecule has 0 aromatic rings. The standard InChI is InChI=1S/C22H22O13/c1-7-15(23)30-21(31-16(24)8-2,32-17(25)9-3)13-29-14-22(33-18(26)10-4,34-19(27)11-5)35-20(28)12-6/h7-12H,1-6,13-14H2. The van der Waals surface area contributed by atoms with Gasteiger partial charge in [0.1, 0.15) is 0 Å². The zero-order valence-corrected chi connectivity index (χ0v) is 18.4. The Morgan fingerprint density at radius 1 is 0.429 bits per heavy atom. The lowest BCUT2D eigenvalue weighted by atomic mass is 10.4. The summed E-state index contributed by atoms with van der Waals surface area (Å²) >= 11 is 0. The van der Waals surface area contributed by atoms with Gasteiger partial charge in [-0.15, -0.1) is 0 Å². The predicted octanol–water partition coefficient (Wildman–Crippen LogP) is 0.686. The number of hydrogen-bond donors (Lipinski definition) is 0. The highest BCUT2D eigenvalue weighted by molar-refractivity contribution is 5.86. The minimum Gasteiger partial charge on any atom is -0.383 e. The third kappa shape index (κ3) is 10.6. The Kier molecular flexibility index (Phi) is 12.4. The minimum atomic E-state index is -2.92. The maximum absolute atomic E-state index is 11.8. The van der Waals surface area contributed by atoms with Crippen LogP contribution < -0.4 is 0 Å². The number of hydrogen-bond acceptors (Lipinski definition) is 13. The van der Waals surface area contributed by atoms with Gasteiger partial charge in [0.15, 0.2) is 13.2 Å². The van der Waals surface area contributed by atoms with Gasteiger partial charge in [-0.05, 0) is 0 Å². The highest BCUT2D eigenvalue weighted by atomic mass is 16.9. The summed E-state index contributed by atoms with van der Waals surface area (Å²) in [6.45, 7) is 16.6. The van der Waals surface area contributed by atoms with Crippen molar-refractivity contribution in [3.05, 3.63) is 75.9 Å². The van der Waals surface area contributed by atoms with Crippen molar-refractivity contribution in [3.63, 3.8) is 0 Å². The van der Waals surface area contributed by atoms with E-state index in [1.807, 2.05) is 0 Å². The summed E-state index contributed by atoms with van der Waals surface area (Å²) < 4.78 is 34.1. The minimum absolute atomic E-state index is 0.631. The Morgan fingerprint density at radius 2 is 0.600 bits per heavy atom. The molecule has 0 aromatic carbocycles. The van der Waals surface area contributed by atoms with Crippen molar-refractivity contribution in [1.29, 1.82) is 0 Å². The van der Waals surface area contributed by atoms with Crippen molar-refractivity contribution in [2.45, 2.75) is 11.9 Å². The normalized spacial score (nSPS) is 10.3. The molecule has 13 nitrogen and oxygen atoms in total. The molecule has 0 spiro atoms. The van der Waals surface area contributed by atoms with Gasteiger partial charge in [-0.1, -0.05) is 39.5 Å². The molecule has 0 aliphatic heterocycles. The summed E-state index contributed by atoms with van der Waals surface area (Å²) in [6.07, 6.45) is 3.79. The molecule has 0 bridgehead atoms. The monoisotopic (exact) mass is 494 g/mol. The van der Waals surface area contributed by atoms with Crippen molar-refractivity contribution in [1.82, 2.24) is 0 Å². The average Bonchev–Trinajstić information content (AvgIpc) is 2.82. The lowest BCUT2D eigenvalue weighted by molar-refractivity contribution is -0.365. The first kappa shape index (κ1) is 30.2. The lowest BCUT2D eigenvalue weighted by Crippen LogP contribution is -2.51. The van der Waals surface area contributed by atoms with Crippen LogP contribution >= 0.6 is 0 Å². The van der Waals surface area contributed by atoms with Crippen molar-refractivity contribution < 1.29 is 61.9 Å². The van der Waals surface area contributed by atoms with E-state index in [1.165, 1.54) is 0 Å². The van der Waals surface area contributed by atoms with Crippen LogP contribution in [0.5, 0.6) is 0 Å². The third-order valence-electron chi connectivity index (χ3n) is 3.09. The fraction of sp³-hybridized carbons (Fsp3) is 0.182. The van der Waals surface area contributed by atoms with Crippen LogP contribution in [0.1, 0.15) is 0 Å². The molecule has 0 radical (unpaired) electrons. The first-order valence-electron chi connectivity index (χ1n) is 9.14. The fourth-order valence-corrected chi connectivity index (χ4v) is 1.77. The second-order valence-electron chi connectivity index (χ2n) is 5.61. The Labute approximate surface area is 199 Å². The molecule has 0 unspecified atom stereocenters. The van der Waals surface area contributed by atoms with Gasteiger partial charge in [-0.25, -0.2) is 28.8 Å². The molecule has 188 valence electrons. The van der Waals surface area contributed by atoms with Crippen LogP contribution in [0, 0.1) is 0 Å². The highest BCUT2D eigenvalue weighted by Gasteiger charge is 2.48. The Morgan fingerprint density at radius 3 is 0.743 bits per heavy atom. The van der Waals surface area contributed by atoms with Crippen LogP contribution in [0.3, 0.4) is 0 Å². The Balaban J connectivity index is 6.29. The molecule has 0 rings (SSSR count). The number of rotatable bonds is 16. The van der Waals surface area contributed by atoms with E-state index in [0.29, 0.717) is 36.5 Å². The molecule has 0 aliphatic carbocycles. The zero-order chi connectivity index (χ0) is 27.1. The third-order valence-corrected chi connectivity index (χ3v) is 3.09. The van der Waals surface area contributed by atoms with Gasteiger partial charge < -0.3 is 33.2 Å². The van der Waals surface area contributed by atoms with E-state index in [-0.39, 0.29) is 0 Å². The van der Waals surface area contributed by atoms with Crippen LogP contribution in [0.15, 0.2) is 75.9 Å². The first-order valence-corrected chi connectivity index (χ1v) is 9.14. The highest BCUT2D eigenvalue weighted by Crippen LogP contribution is 2.23. The van der Waals surface area contributed by atoms with Crippen LogP contribution in [-0.4, -0.2) is 61.0 Å². The van der Waals surface area contributed by atoms with E-state index in [1.54, 1.807) is 0 Å². The van der Waals surface area contributed by atoms with Crippen LogP contribution in [0.4, 0.5) is 0 Å². The molecule has 0 aliphatic rings. The van der Waals surface area contributed by atoms with E-state index in [9.17, 15) is 28.8 Å². The second-order valence-corrected chi connectivity index (χ2v) is 5.61. The van der Waals surface area contributed by atoms with Crippen molar-refractivity contribution >= 4 is 35.8 Å². The Hall–Kier alpha value is -4.78. The average molecular weight is 494 g/mol. The SMILES string of the molecule is C=CC(=O)OC(COCC(OC(=O)C=C)(OC(=O)C=C)OC(=O)C=C)(OC(=O)C=C)OC(=O)C=C. The lowest BCUT2D eigenvalue weighted by Gasteiger charge is -2.32. The van der Waals surface area contributed by atoms with E-state index >= 15 is 0 Å². The van der Waals surface area contributed by atoms with Crippen LogP contribution in [0.2, 0.25) is 0 Å². The van der Waals surface area contributed by atoms with Gasteiger partial charge in [-0.3, -0.25) is 0 Å². The molecular weight excluding hydrogens is 472 g/mol. The maximum atomic E-state index is 11.8.